The van der Waals surface area contributed by atoms with Crippen LogP contribution in [0.5, 0.6) is 0 Å². The number of ether oxygens (including phenoxy) is 3. The van der Waals surface area contributed by atoms with Crippen molar-refractivity contribution in [1.29, 1.82) is 0 Å². The number of hydrogen-bond donors (Lipinski definition) is 3. The van der Waals surface area contributed by atoms with Crippen LogP contribution in [0.4, 0.5) is 14.4 Å². The van der Waals surface area contributed by atoms with E-state index in [9.17, 15) is 14.4 Å². The van der Waals surface area contributed by atoms with Gasteiger partial charge in [-0.3, -0.25) is 4.90 Å². The molecule has 0 radical (unpaired) electrons. The van der Waals surface area contributed by atoms with Gasteiger partial charge in [-0.1, -0.05) is 26.7 Å². The molecule has 0 heterocycles. The van der Waals surface area contributed by atoms with Gasteiger partial charge in [0.1, 0.15) is 18.8 Å². The van der Waals surface area contributed by atoms with E-state index in [-0.39, 0.29) is 13.2 Å². The van der Waals surface area contributed by atoms with Crippen molar-refractivity contribution in [2.75, 3.05) is 52.5 Å². The second-order valence-corrected chi connectivity index (χ2v) is 8.10. The molecule has 10 heteroatoms. The van der Waals surface area contributed by atoms with E-state index in [2.05, 4.69) is 16.0 Å². The Hall–Kier alpha value is -2.23. The second kappa shape index (κ2) is 17.5. The van der Waals surface area contributed by atoms with Gasteiger partial charge >= 0.3 is 18.3 Å². The van der Waals surface area contributed by atoms with Crippen molar-refractivity contribution < 1.29 is 28.6 Å². The molecule has 0 bridgehead atoms. The number of amides is 3. The maximum Gasteiger partial charge on any atom is 0.407 e. The zero-order valence-corrected chi connectivity index (χ0v) is 19.9. The van der Waals surface area contributed by atoms with E-state index < -0.39 is 23.9 Å². The summed E-state index contributed by atoms with van der Waals surface area (Å²) >= 11 is 0. The molecule has 10 nitrogen and oxygen atoms in total. The summed E-state index contributed by atoms with van der Waals surface area (Å²) in [5.41, 5.74) is -0.568. The van der Waals surface area contributed by atoms with Crippen LogP contribution in [0.15, 0.2) is 0 Å². The van der Waals surface area contributed by atoms with Crippen molar-refractivity contribution in [3.8, 4) is 0 Å². The van der Waals surface area contributed by atoms with Crippen LogP contribution >= 0.6 is 0 Å². The van der Waals surface area contributed by atoms with E-state index >= 15 is 0 Å². The highest BCUT2D eigenvalue weighted by Crippen LogP contribution is 2.06. The van der Waals surface area contributed by atoms with E-state index in [1.165, 1.54) is 0 Å². The number of carbonyl (C=O) groups excluding carboxylic acids is 3. The summed E-state index contributed by atoms with van der Waals surface area (Å²) in [6.45, 7) is 12.7. The van der Waals surface area contributed by atoms with Crippen molar-refractivity contribution in [2.24, 2.45) is 0 Å². The topological polar surface area (TPSA) is 118 Å². The fourth-order valence-corrected chi connectivity index (χ4v) is 2.34. The van der Waals surface area contributed by atoms with Crippen LogP contribution in [-0.2, 0) is 14.2 Å². The Morgan fingerprint density at radius 2 is 1.16 bits per heavy atom. The minimum Gasteiger partial charge on any atom is -0.448 e. The third-order valence-electron chi connectivity index (χ3n) is 3.98. The average Bonchev–Trinajstić information content (AvgIpc) is 2.66. The minimum absolute atomic E-state index is 0.188. The standard InChI is InChI=1S/C21H42N4O6/c1-6-8-10-22-18(26)29-16-14-25(13-12-24-20(28)31-21(3,4)5)15-17-30-19(27)23-11-9-7-2/h6-17H2,1-5H3,(H,22,26)(H,23,27)(H,24,28). The lowest BCUT2D eigenvalue weighted by Gasteiger charge is -2.23. The largest absolute Gasteiger partial charge is 0.448 e. The Bertz CT molecular complexity index is 483. The van der Waals surface area contributed by atoms with Gasteiger partial charge in [0, 0.05) is 39.3 Å². The number of nitrogens with zero attached hydrogens (tertiary/aromatic N) is 1. The summed E-state index contributed by atoms with van der Waals surface area (Å²) < 4.78 is 15.6. The summed E-state index contributed by atoms with van der Waals surface area (Å²) in [4.78, 5) is 37.1. The lowest BCUT2D eigenvalue weighted by molar-refractivity contribution is 0.0519. The van der Waals surface area contributed by atoms with Gasteiger partial charge in [0.15, 0.2) is 0 Å². The quantitative estimate of drug-likeness (QED) is 0.261. The van der Waals surface area contributed by atoms with E-state index in [1.54, 1.807) is 20.8 Å². The van der Waals surface area contributed by atoms with Gasteiger partial charge in [-0.25, -0.2) is 14.4 Å². The Morgan fingerprint density at radius 3 is 1.58 bits per heavy atom. The van der Waals surface area contributed by atoms with Crippen molar-refractivity contribution in [3.05, 3.63) is 0 Å². The van der Waals surface area contributed by atoms with Gasteiger partial charge in [-0.2, -0.15) is 0 Å². The first-order chi connectivity index (χ1) is 14.7. The minimum atomic E-state index is -0.568. The molecule has 0 atom stereocenters. The molecular weight excluding hydrogens is 404 g/mol. The molecule has 3 amide bonds. The smallest absolute Gasteiger partial charge is 0.407 e. The molecule has 0 aliphatic rings. The van der Waals surface area contributed by atoms with Crippen LogP contribution in [0.1, 0.15) is 60.3 Å². The molecule has 0 saturated heterocycles. The summed E-state index contributed by atoms with van der Waals surface area (Å²) in [7, 11) is 0. The first-order valence-corrected chi connectivity index (χ1v) is 11.2. The van der Waals surface area contributed by atoms with Crippen LogP contribution < -0.4 is 16.0 Å². The number of hydrogen-bond acceptors (Lipinski definition) is 7. The molecule has 0 rings (SSSR count). The molecule has 0 aliphatic heterocycles. The van der Waals surface area contributed by atoms with E-state index in [0.29, 0.717) is 39.3 Å². The summed E-state index contributed by atoms with van der Waals surface area (Å²) in [6.07, 6.45) is 2.38. The first kappa shape index (κ1) is 28.8. The predicted molar refractivity (Wildman–Crippen MR) is 119 cm³/mol. The van der Waals surface area contributed by atoms with Crippen molar-refractivity contribution >= 4 is 18.3 Å². The molecule has 3 N–H and O–H groups in total. The van der Waals surface area contributed by atoms with E-state index in [1.807, 2.05) is 18.7 Å². The van der Waals surface area contributed by atoms with Crippen LogP contribution in [0.3, 0.4) is 0 Å². The van der Waals surface area contributed by atoms with Crippen LogP contribution in [0.25, 0.3) is 0 Å². The summed E-state index contributed by atoms with van der Waals surface area (Å²) in [5.74, 6) is 0. The number of carbonyl (C=O) groups is 3. The molecule has 0 saturated carbocycles. The first-order valence-electron chi connectivity index (χ1n) is 11.2. The van der Waals surface area contributed by atoms with Gasteiger partial charge in [-0.15, -0.1) is 0 Å². The molecule has 0 spiro atoms. The number of nitrogens with one attached hydrogen (secondary N) is 3. The van der Waals surface area contributed by atoms with Crippen LogP contribution in [-0.4, -0.2) is 81.3 Å². The Labute approximate surface area is 186 Å². The normalized spacial score (nSPS) is 11.0. The van der Waals surface area contributed by atoms with Crippen molar-refractivity contribution in [2.45, 2.75) is 65.9 Å². The monoisotopic (exact) mass is 446 g/mol. The predicted octanol–water partition coefficient (Wildman–Crippen LogP) is 2.87. The maximum atomic E-state index is 11.8. The van der Waals surface area contributed by atoms with Crippen LogP contribution in [0.2, 0.25) is 0 Å². The highest BCUT2D eigenvalue weighted by molar-refractivity contribution is 5.68. The summed E-state index contributed by atoms with van der Waals surface area (Å²) in [6, 6.07) is 0. The molecule has 0 aromatic carbocycles. The fraction of sp³-hybridized carbons (Fsp3) is 0.857. The molecule has 182 valence electrons. The molecular formula is C21H42N4O6. The van der Waals surface area contributed by atoms with Crippen LogP contribution in [0, 0.1) is 0 Å². The molecule has 0 unspecified atom stereocenters. The molecule has 31 heavy (non-hydrogen) atoms. The van der Waals surface area contributed by atoms with E-state index in [4.69, 9.17) is 14.2 Å². The molecule has 0 aliphatic carbocycles. The Balaban J connectivity index is 4.35. The van der Waals surface area contributed by atoms with Gasteiger partial charge in [0.2, 0.25) is 0 Å². The van der Waals surface area contributed by atoms with Gasteiger partial charge in [0.25, 0.3) is 0 Å². The molecule has 0 aromatic rings. The second-order valence-electron chi connectivity index (χ2n) is 8.10. The fourth-order valence-electron chi connectivity index (χ4n) is 2.34. The lowest BCUT2D eigenvalue weighted by Crippen LogP contribution is -2.41. The third-order valence-corrected chi connectivity index (χ3v) is 3.98. The Morgan fingerprint density at radius 1 is 0.710 bits per heavy atom. The molecule has 0 aromatic heterocycles. The zero-order chi connectivity index (χ0) is 23.5. The third kappa shape index (κ3) is 19.5. The SMILES string of the molecule is CCCCNC(=O)OCCN(CCNC(=O)OC(C)(C)C)CCOC(=O)NCCCC. The van der Waals surface area contributed by atoms with Crippen molar-refractivity contribution in [1.82, 2.24) is 20.9 Å². The number of alkyl carbamates (subject to hydrolysis) is 3. The highest BCUT2D eigenvalue weighted by atomic mass is 16.6. The number of unbranched alkanes of at least 4 members (excludes halogenated alkanes) is 2. The van der Waals surface area contributed by atoms with Gasteiger partial charge < -0.3 is 30.2 Å². The Kier molecular flexibility index (Phi) is 16.2. The van der Waals surface area contributed by atoms with Gasteiger partial charge in [-0.05, 0) is 33.6 Å². The van der Waals surface area contributed by atoms with E-state index in [0.717, 1.165) is 25.7 Å². The summed E-state index contributed by atoms with van der Waals surface area (Å²) in [5, 5.41) is 8.07. The lowest BCUT2D eigenvalue weighted by atomic mass is 10.2. The maximum absolute atomic E-state index is 11.8. The zero-order valence-electron chi connectivity index (χ0n) is 19.9. The van der Waals surface area contributed by atoms with Crippen molar-refractivity contribution in [3.63, 3.8) is 0 Å². The molecule has 0 fully saturated rings. The average molecular weight is 447 g/mol. The van der Waals surface area contributed by atoms with Gasteiger partial charge in [0.05, 0.1) is 0 Å². The highest BCUT2D eigenvalue weighted by Gasteiger charge is 2.16. The number of rotatable bonds is 15.